The molecule has 0 fully saturated rings. The zero-order chi connectivity index (χ0) is 14.2. The normalized spacial score (nSPS) is 13.1. The number of amides is 1. The van der Waals surface area contributed by atoms with Crippen LogP contribution in [0.2, 0.25) is 0 Å². The lowest BCUT2D eigenvalue weighted by atomic mass is 9.84. The fourth-order valence-electron chi connectivity index (χ4n) is 1.69. The molecule has 3 N–H and O–H groups in total. The van der Waals surface area contributed by atoms with Crippen LogP contribution in [0.15, 0.2) is 0 Å². The maximum Gasteiger partial charge on any atom is 0.308 e. The molecule has 0 rings (SSSR count). The summed E-state index contributed by atoms with van der Waals surface area (Å²) >= 11 is 0. The van der Waals surface area contributed by atoms with E-state index in [4.69, 9.17) is 5.11 Å². The number of hydrogen-bond acceptors (Lipinski definition) is 3. The van der Waals surface area contributed by atoms with Gasteiger partial charge in [-0.2, -0.15) is 0 Å². The van der Waals surface area contributed by atoms with E-state index in [1.165, 1.54) is 0 Å². The van der Waals surface area contributed by atoms with Crippen molar-refractivity contribution in [2.45, 2.75) is 40.5 Å². The molecular weight excluding hydrogens is 232 g/mol. The van der Waals surface area contributed by atoms with Gasteiger partial charge in [0.2, 0.25) is 5.91 Å². The van der Waals surface area contributed by atoms with Crippen LogP contribution < -0.4 is 10.6 Å². The Labute approximate surface area is 109 Å². The Morgan fingerprint density at radius 3 is 2.33 bits per heavy atom. The molecule has 1 unspecified atom stereocenters. The number of carboxylic acids is 1. The van der Waals surface area contributed by atoms with Gasteiger partial charge in [-0.3, -0.25) is 9.59 Å². The van der Waals surface area contributed by atoms with Gasteiger partial charge < -0.3 is 15.7 Å². The van der Waals surface area contributed by atoms with E-state index >= 15 is 0 Å². The van der Waals surface area contributed by atoms with Crippen molar-refractivity contribution in [1.29, 1.82) is 0 Å². The molecule has 0 spiro atoms. The highest BCUT2D eigenvalue weighted by Crippen LogP contribution is 2.24. The number of aliphatic carboxylic acids is 1. The van der Waals surface area contributed by atoms with Crippen molar-refractivity contribution in [3.8, 4) is 0 Å². The van der Waals surface area contributed by atoms with Crippen LogP contribution in [0, 0.1) is 11.3 Å². The van der Waals surface area contributed by atoms with Crippen LogP contribution in [-0.2, 0) is 9.59 Å². The highest BCUT2D eigenvalue weighted by molar-refractivity contribution is 5.77. The molecule has 0 saturated heterocycles. The van der Waals surface area contributed by atoms with Gasteiger partial charge in [-0.15, -0.1) is 0 Å². The average Bonchev–Trinajstić information content (AvgIpc) is 2.22. The van der Waals surface area contributed by atoms with Gasteiger partial charge in [-0.1, -0.05) is 27.7 Å². The minimum atomic E-state index is -0.850. The monoisotopic (exact) mass is 258 g/mol. The number of rotatable bonds is 8. The van der Waals surface area contributed by atoms with Crippen LogP contribution >= 0.6 is 0 Å². The molecule has 0 aromatic rings. The molecule has 0 heterocycles. The molecular formula is C13H26N2O3. The Bertz CT molecular complexity index is 272. The molecule has 0 radical (unpaired) electrons. The second-order valence-electron chi connectivity index (χ2n) is 5.71. The molecule has 18 heavy (non-hydrogen) atoms. The summed E-state index contributed by atoms with van der Waals surface area (Å²) in [5, 5.41) is 14.8. The van der Waals surface area contributed by atoms with Gasteiger partial charge in [-0.05, 0) is 18.4 Å². The second-order valence-corrected chi connectivity index (χ2v) is 5.71. The summed E-state index contributed by atoms with van der Waals surface area (Å²) in [6.45, 7) is 9.62. The van der Waals surface area contributed by atoms with Crippen LogP contribution in [-0.4, -0.2) is 36.6 Å². The number of carbonyl (C=O) groups excluding carboxylic acids is 1. The molecule has 0 bridgehead atoms. The first-order valence-corrected chi connectivity index (χ1v) is 6.46. The lowest BCUT2D eigenvalue weighted by Crippen LogP contribution is -2.36. The minimum absolute atomic E-state index is 0.0580. The summed E-state index contributed by atoms with van der Waals surface area (Å²) in [5.41, 5.74) is -0.0580. The Kier molecular flexibility index (Phi) is 7.59. The van der Waals surface area contributed by atoms with E-state index in [9.17, 15) is 9.59 Å². The van der Waals surface area contributed by atoms with Crippen molar-refractivity contribution in [2.24, 2.45) is 11.3 Å². The standard InChI is InChI=1S/C13H26N2O3/c1-5-14-7-6-11(16)15-9-10(12(17)18)8-13(2,3)4/h10,14H,5-9H2,1-4H3,(H,15,16)(H,17,18). The number of carbonyl (C=O) groups is 2. The van der Waals surface area contributed by atoms with Gasteiger partial charge in [0.15, 0.2) is 0 Å². The highest BCUT2D eigenvalue weighted by Gasteiger charge is 2.24. The van der Waals surface area contributed by atoms with Crippen molar-refractivity contribution in [1.82, 2.24) is 10.6 Å². The lowest BCUT2D eigenvalue weighted by molar-refractivity contribution is -0.142. The third-order valence-corrected chi connectivity index (χ3v) is 2.53. The Morgan fingerprint density at radius 1 is 1.28 bits per heavy atom. The molecule has 106 valence electrons. The Hall–Kier alpha value is -1.10. The minimum Gasteiger partial charge on any atom is -0.481 e. The van der Waals surface area contributed by atoms with E-state index in [0.29, 0.717) is 19.4 Å². The molecule has 5 heteroatoms. The van der Waals surface area contributed by atoms with E-state index in [2.05, 4.69) is 10.6 Å². The molecule has 1 amide bonds. The van der Waals surface area contributed by atoms with Crippen molar-refractivity contribution >= 4 is 11.9 Å². The van der Waals surface area contributed by atoms with Crippen LogP contribution in [0.3, 0.4) is 0 Å². The first-order valence-electron chi connectivity index (χ1n) is 6.46. The largest absolute Gasteiger partial charge is 0.481 e. The van der Waals surface area contributed by atoms with Gasteiger partial charge >= 0.3 is 5.97 Å². The summed E-state index contributed by atoms with van der Waals surface area (Å²) in [5.74, 6) is -1.47. The number of hydrogen-bond donors (Lipinski definition) is 3. The molecule has 0 aromatic heterocycles. The van der Waals surface area contributed by atoms with Gasteiger partial charge in [0, 0.05) is 19.5 Å². The van der Waals surface area contributed by atoms with E-state index < -0.39 is 11.9 Å². The van der Waals surface area contributed by atoms with Crippen LogP contribution in [0.1, 0.15) is 40.5 Å². The lowest BCUT2D eigenvalue weighted by Gasteiger charge is -2.23. The quantitative estimate of drug-likeness (QED) is 0.572. The topological polar surface area (TPSA) is 78.4 Å². The second kappa shape index (κ2) is 8.08. The fraction of sp³-hybridized carbons (Fsp3) is 0.846. The summed E-state index contributed by atoms with van der Waals surface area (Å²) in [7, 11) is 0. The van der Waals surface area contributed by atoms with Crippen molar-refractivity contribution < 1.29 is 14.7 Å². The molecule has 0 aliphatic rings. The van der Waals surface area contributed by atoms with Gasteiger partial charge in [0.1, 0.15) is 0 Å². The SMILES string of the molecule is CCNCCC(=O)NCC(CC(C)(C)C)C(=O)O. The fourth-order valence-corrected chi connectivity index (χ4v) is 1.69. The number of carboxylic acid groups (broad SMARTS) is 1. The third-order valence-electron chi connectivity index (χ3n) is 2.53. The van der Waals surface area contributed by atoms with Gasteiger partial charge in [-0.25, -0.2) is 0 Å². The molecule has 0 saturated carbocycles. The zero-order valence-corrected chi connectivity index (χ0v) is 11.9. The molecule has 0 aliphatic heterocycles. The van der Waals surface area contributed by atoms with Crippen molar-refractivity contribution in [2.75, 3.05) is 19.6 Å². The van der Waals surface area contributed by atoms with Crippen LogP contribution in [0.5, 0.6) is 0 Å². The summed E-state index contributed by atoms with van der Waals surface area (Å²) in [6, 6.07) is 0. The Balaban J connectivity index is 4.04. The molecule has 1 atom stereocenters. The summed E-state index contributed by atoms with van der Waals surface area (Å²) < 4.78 is 0. The highest BCUT2D eigenvalue weighted by atomic mass is 16.4. The smallest absolute Gasteiger partial charge is 0.308 e. The molecule has 5 nitrogen and oxygen atoms in total. The summed E-state index contributed by atoms with van der Waals surface area (Å²) in [4.78, 5) is 22.6. The number of nitrogens with one attached hydrogen (secondary N) is 2. The van der Waals surface area contributed by atoms with Crippen LogP contribution in [0.4, 0.5) is 0 Å². The Morgan fingerprint density at radius 2 is 1.89 bits per heavy atom. The van der Waals surface area contributed by atoms with E-state index in [-0.39, 0.29) is 17.9 Å². The zero-order valence-electron chi connectivity index (χ0n) is 11.9. The first-order chi connectivity index (χ1) is 8.26. The van der Waals surface area contributed by atoms with Crippen molar-refractivity contribution in [3.63, 3.8) is 0 Å². The predicted octanol–water partition coefficient (Wildman–Crippen LogP) is 1.24. The molecule has 0 aromatic carbocycles. The van der Waals surface area contributed by atoms with Gasteiger partial charge in [0.25, 0.3) is 0 Å². The summed E-state index contributed by atoms with van der Waals surface area (Å²) in [6.07, 6.45) is 0.936. The van der Waals surface area contributed by atoms with E-state index in [0.717, 1.165) is 6.54 Å². The van der Waals surface area contributed by atoms with E-state index in [1.54, 1.807) is 0 Å². The maximum absolute atomic E-state index is 11.5. The van der Waals surface area contributed by atoms with Crippen LogP contribution in [0.25, 0.3) is 0 Å². The maximum atomic E-state index is 11.5. The first kappa shape index (κ1) is 16.9. The third kappa shape index (κ3) is 8.98. The van der Waals surface area contributed by atoms with Gasteiger partial charge in [0.05, 0.1) is 5.92 Å². The van der Waals surface area contributed by atoms with Crippen molar-refractivity contribution in [3.05, 3.63) is 0 Å². The average molecular weight is 258 g/mol. The molecule has 0 aliphatic carbocycles. The predicted molar refractivity (Wildman–Crippen MR) is 71.4 cm³/mol. The van der Waals surface area contributed by atoms with E-state index in [1.807, 2.05) is 27.7 Å².